The molecule has 4 nitrogen and oxygen atoms in total. The van der Waals surface area contributed by atoms with Crippen molar-refractivity contribution < 1.29 is 17.9 Å². The summed E-state index contributed by atoms with van der Waals surface area (Å²) in [6.45, 7) is 1.90. The summed E-state index contributed by atoms with van der Waals surface area (Å²) in [5.74, 6) is 1.28. The zero-order valence-electron chi connectivity index (χ0n) is 17.0. The molecule has 31 heavy (non-hydrogen) atoms. The van der Waals surface area contributed by atoms with Crippen LogP contribution in [0.5, 0.6) is 5.75 Å². The van der Waals surface area contributed by atoms with Crippen LogP contribution in [0.2, 0.25) is 0 Å². The molecule has 0 aliphatic rings. The van der Waals surface area contributed by atoms with Crippen LogP contribution in [0.3, 0.4) is 0 Å². The number of nitrogens with one attached hydrogen (secondary N) is 1. The van der Waals surface area contributed by atoms with E-state index in [0.717, 1.165) is 34.8 Å². The lowest BCUT2D eigenvalue weighted by molar-refractivity contribution is -0.137. The molecule has 7 heteroatoms. The molecule has 0 bridgehead atoms. The third kappa shape index (κ3) is 4.60. The Balaban J connectivity index is 1.76. The number of halogens is 3. The zero-order chi connectivity index (χ0) is 22.0. The van der Waals surface area contributed by atoms with Crippen LogP contribution in [0, 0.1) is 6.92 Å². The van der Waals surface area contributed by atoms with Gasteiger partial charge in [0.25, 0.3) is 0 Å². The Morgan fingerprint density at radius 2 is 1.68 bits per heavy atom. The molecule has 1 N–H and O–H groups in total. The Labute approximate surface area is 177 Å². The van der Waals surface area contributed by atoms with Gasteiger partial charge in [-0.2, -0.15) is 13.2 Å². The maximum atomic E-state index is 13.1. The third-order valence-corrected chi connectivity index (χ3v) is 4.89. The second-order valence-electron chi connectivity index (χ2n) is 7.17. The predicted molar refractivity (Wildman–Crippen MR) is 113 cm³/mol. The van der Waals surface area contributed by atoms with Gasteiger partial charge in [-0.1, -0.05) is 24.3 Å². The standard InChI is InChI=1S/C24H20F3N3O/c1-15-5-3-8-20(28-15)23-22(17-9-11-19(31-2)12-10-17)29-21(30-23)14-16-6-4-7-18(13-16)24(25,26)27/h3-13H,14H2,1-2H3,(H,29,30). The van der Waals surface area contributed by atoms with E-state index in [1.807, 2.05) is 49.4 Å². The Bertz CT molecular complexity index is 1200. The number of aromatic amines is 1. The second-order valence-corrected chi connectivity index (χ2v) is 7.17. The molecule has 0 atom stereocenters. The van der Waals surface area contributed by atoms with E-state index in [-0.39, 0.29) is 6.42 Å². The van der Waals surface area contributed by atoms with Crippen molar-refractivity contribution in [3.05, 3.63) is 89.4 Å². The molecule has 2 heterocycles. The maximum Gasteiger partial charge on any atom is 0.416 e. The number of hydrogen-bond acceptors (Lipinski definition) is 3. The minimum atomic E-state index is -4.38. The van der Waals surface area contributed by atoms with Gasteiger partial charge in [-0.15, -0.1) is 0 Å². The monoisotopic (exact) mass is 423 g/mol. The molecule has 0 aliphatic carbocycles. The summed E-state index contributed by atoms with van der Waals surface area (Å²) >= 11 is 0. The molecule has 0 saturated heterocycles. The van der Waals surface area contributed by atoms with E-state index in [2.05, 4.69) is 9.97 Å². The van der Waals surface area contributed by atoms with Crippen molar-refractivity contribution in [2.75, 3.05) is 7.11 Å². The van der Waals surface area contributed by atoms with Gasteiger partial charge in [-0.25, -0.2) is 4.98 Å². The van der Waals surface area contributed by atoms with Crippen LogP contribution in [0.25, 0.3) is 22.6 Å². The Kier molecular flexibility index (Phi) is 5.50. The molecule has 4 rings (SSSR count). The van der Waals surface area contributed by atoms with Crippen LogP contribution < -0.4 is 4.74 Å². The van der Waals surface area contributed by atoms with Crippen molar-refractivity contribution in [3.63, 3.8) is 0 Å². The van der Waals surface area contributed by atoms with E-state index in [0.29, 0.717) is 22.8 Å². The van der Waals surface area contributed by atoms with Gasteiger partial charge >= 0.3 is 6.18 Å². The van der Waals surface area contributed by atoms with Gasteiger partial charge < -0.3 is 9.72 Å². The van der Waals surface area contributed by atoms with Crippen molar-refractivity contribution in [1.29, 1.82) is 0 Å². The fourth-order valence-corrected chi connectivity index (χ4v) is 3.38. The summed E-state index contributed by atoms with van der Waals surface area (Å²) in [7, 11) is 1.60. The minimum absolute atomic E-state index is 0.235. The van der Waals surface area contributed by atoms with Gasteiger partial charge in [0.05, 0.1) is 29.8 Å². The number of imidazole rings is 1. The van der Waals surface area contributed by atoms with Gasteiger partial charge in [0.1, 0.15) is 11.6 Å². The normalized spacial score (nSPS) is 11.5. The summed E-state index contributed by atoms with van der Waals surface area (Å²) in [6, 6.07) is 18.4. The van der Waals surface area contributed by atoms with E-state index in [9.17, 15) is 13.2 Å². The predicted octanol–water partition coefficient (Wildman–Crippen LogP) is 6.07. The van der Waals surface area contributed by atoms with E-state index in [4.69, 9.17) is 9.72 Å². The average molecular weight is 423 g/mol. The molecule has 0 saturated carbocycles. The Hall–Kier alpha value is -3.61. The van der Waals surface area contributed by atoms with E-state index >= 15 is 0 Å². The van der Waals surface area contributed by atoms with Gasteiger partial charge in [-0.3, -0.25) is 4.98 Å². The number of aromatic nitrogens is 3. The highest BCUT2D eigenvalue weighted by Crippen LogP contribution is 2.32. The molecule has 0 amide bonds. The Morgan fingerprint density at radius 3 is 2.35 bits per heavy atom. The molecule has 2 aromatic heterocycles. The summed E-state index contributed by atoms with van der Waals surface area (Å²) in [5.41, 5.74) is 3.67. The summed E-state index contributed by atoms with van der Waals surface area (Å²) < 4.78 is 44.5. The molecule has 0 spiro atoms. The highest BCUT2D eigenvalue weighted by Gasteiger charge is 2.30. The molecule has 0 aliphatic heterocycles. The first-order valence-corrected chi connectivity index (χ1v) is 9.67. The number of benzene rings is 2. The van der Waals surface area contributed by atoms with Crippen LogP contribution in [-0.4, -0.2) is 22.1 Å². The number of rotatable bonds is 5. The Morgan fingerprint density at radius 1 is 0.935 bits per heavy atom. The maximum absolute atomic E-state index is 13.1. The number of ether oxygens (including phenoxy) is 1. The van der Waals surface area contributed by atoms with Crippen LogP contribution in [0.4, 0.5) is 13.2 Å². The third-order valence-electron chi connectivity index (χ3n) is 4.89. The van der Waals surface area contributed by atoms with Crippen molar-refractivity contribution in [2.24, 2.45) is 0 Å². The number of alkyl halides is 3. The smallest absolute Gasteiger partial charge is 0.416 e. The van der Waals surface area contributed by atoms with Gasteiger partial charge in [-0.05, 0) is 55.0 Å². The minimum Gasteiger partial charge on any atom is -0.497 e. The van der Waals surface area contributed by atoms with Gasteiger partial charge in [0.2, 0.25) is 0 Å². The fraction of sp³-hybridized carbons (Fsp3) is 0.167. The number of pyridine rings is 1. The number of H-pyrrole nitrogens is 1. The van der Waals surface area contributed by atoms with Crippen LogP contribution in [0.1, 0.15) is 22.6 Å². The summed E-state index contributed by atoms with van der Waals surface area (Å²) in [6.07, 6.45) is -4.15. The number of nitrogens with zero attached hydrogens (tertiary/aromatic N) is 2. The van der Waals surface area contributed by atoms with Crippen molar-refractivity contribution >= 4 is 0 Å². The van der Waals surface area contributed by atoms with Crippen molar-refractivity contribution in [3.8, 4) is 28.4 Å². The SMILES string of the molecule is COc1ccc(-c2nc(Cc3cccc(C(F)(F)F)c3)[nH]c2-c2cccc(C)n2)cc1. The lowest BCUT2D eigenvalue weighted by Crippen LogP contribution is -2.05. The van der Waals surface area contributed by atoms with Crippen molar-refractivity contribution in [2.45, 2.75) is 19.5 Å². The van der Waals surface area contributed by atoms with E-state index in [1.54, 1.807) is 13.2 Å². The van der Waals surface area contributed by atoms with Crippen molar-refractivity contribution in [1.82, 2.24) is 15.0 Å². The fourth-order valence-electron chi connectivity index (χ4n) is 3.38. The topological polar surface area (TPSA) is 50.8 Å². The average Bonchev–Trinajstić information content (AvgIpc) is 3.17. The summed E-state index contributed by atoms with van der Waals surface area (Å²) in [5, 5.41) is 0. The molecule has 4 aromatic rings. The van der Waals surface area contributed by atoms with Crippen LogP contribution >= 0.6 is 0 Å². The lowest BCUT2D eigenvalue weighted by atomic mass is 10.1. The molecule has 0 unspecified atom stereocenters. The first kappa shape index (κ1) is 20.7. The quantitative estimate of drug-likeness (QED) is 0.424. The second kappa shape index (κ2) is 8.26. The van der Waals surface area contributed by atoms with Gasteiger partial charge in [0.15, 0.2) is 0 Å². The number of methoxy groups -OCH3 is 1. The first-order chi connectivity index (χ1) is 14.8. The highest BCUT2D eigenvalue weighted by atomic mass is 19.4. The molecule has 0 fully saturated rings. The lowest BCUT2D eigenvalue weighted by Gasteiger charge is -2.07. The zero-order valence-corrected chi connectivity index (χ0v) is 17.0. The number of aryl methyl sites for hydroxylation is 1. The van der Waals surface area contributed by atoms with Crippen LogP contribution in [-0.2, 0) is 12.6 Å². The van der Waals surface area contributed by atoms with E-state index in [1.165, 1.54) is 6.07 Å². The number of hydrogen-bond donors (Lipinski definition) is 1. The van der Waals surface area contributed by atoms with Gasteiger partial charge in [0, 0.05) is 17.7 Å². The summed E-state index contributed by atoms with van der Waals surface area (Å²) in [4.78, 5) is 12.6. The highest BCUT2D eigenvalue weighted by molar-refractivity contribution is 5.77. The molecular formula is C24H20F3N3O. The largest absolute Gasteiger partial charge is 0.497 e. The first-order valence-electron chi connectivity index (χ1n) is 9.67. The molecule has 2 aromatic carbocycles. The van der Waals surface area contributed by atoms with Crippen LogP contribution in [0.15, 0.2) is 66.7 Å². The molecule has 158 valence electrons. The molecular weight excluding hydrogens is 403 g/mol. The van der Waals surface area contributed by atoms with E-state index < -0.39 is 11.7 Å². The molecule has 0 radical (unpaired) electrons.